The lowest BCUT2D eigenvalue weighted by atomic mass is 9.94. The number of hydrogen-bond acceptors (Lipinski definition) is 5. The minimum atomic E-state index is -5.08. The van der Waals surface area contributed by atoms with Gasteiger partial charge in [-0.05, 0) is 54.0 Å². The van der Waals surface area contributed by atoms with Gasteiger partial charge in [-0.3, -0.25) is 9.52 Å². The number of hydrogen-bond donors (Lipinski definition) is 3. The van der Waals surface area contributed by atoms with Crippen molar-refractivity contribution in [3.8, 4) is 0 Å². The van der Waals surface area contributed by atoms with Gasteiger partial charge < -0.3 is 10.4 Å². The summed E-state index contributed by atoms with van der Waals surface area (Å²) in [5.74, 6) is -2.71. The average Bonchev–Trinajstić information content (AvgIpc) is 3.44. The molecule has 2 aromatic carbocycles. The second-order valence-corrected chi connectivity index (χ2v) is 10.8. The number of alkyl halides is 3. The highest BCUT2D eigenvalue weighted by atomic mass is 32.2. The Morgan fingerprint density at radius 1 is 0.972 bits per heavy atom. The highest BCUT2D eigenvalue weighted by Crippen LogP contribution is 2.48. The number of thiophene rings is 1. The molecule has 1 aromatic heterocycles. The molecule has 36 heavy (non-hydrogen) atoms. The van der Waals surface area contributed by atoms with E-state index >= 15 is 0 Å². The number of carboxylic acids is 1. The monoisotopic (exact) mass is 540 g/mol. The molecule has 0 bridgehead atoms. The summed E-state index contributed by atoms with van der Waals surface area (Å²) in [6, 6.07) is 20.5. The minimum absolute atomic E-state index is 0.0420. The van der Waals surface area contributed by atoms with E-state index in [2.05, 4.69) is 22.2 Å². The van der Waals surface area contributed by atoms with Crippen LogP contribution in [-0.4, -0.2) is 38.1 Å². The van der Waals surface area contributed by atoms with Crippen molar-refractivity contribution < 1.29 is 36.3 Å². The Balaban J connectivity index is 0.000000454. The molecule has 1 fully saturated rings. The maximum Gasteiger partial charge on any atom is 0.490 e. The molecule has 3 aromatic rings. The van der Waals surface area contributed by atoms with Crippen molar-refractivity contribution >= 4 is 38.9 Å². The number of anilines is 1. The lowest BCUT2D eigenvalue weighted by Gasteiger charge is -2.16. The van der Waals surface area contributed by atoms with Gasteiger partial charge in [-0.15, -0.1) is 11.3 Å². The van der Waals surface area contributed by atoms with Crippen LogP contribution < -0.4 is 10.0 Å². The summed E-state index contributed by atoms with van der Waals surface area (Å²) in [4.78, 5) is 21.7. The van der Waals surface area contributed by atoms with Crippen LogP contribution >= 0.6 is 11.3 Å². The van der Waals surface area contributed by atoms with E-state index in [1.165, 1.54) is 16.9 Å². The van der Waals surface area contributed by atoms with Crippen molar-refractivity contribution in [1.29, 1.82) is 0 Å². The third-order valence-electron chi connectivity index (χ3n) is 5.42. The first-order valence-electron chi connectivity index (χ1n) is 10.7. The van der Waals surface area contributed by atoms with Gasteiger partial charge in [0.2, 0.25) is 5.91 Å². The molecule has 1 amide bonds. The second kappa shape index (κ2) is 11.1. The Hall–Kier alpha value is -3.38. The van der Waals surface area contributed by atoms with Gasteiger partial charge in [-0.25, -0.2) is 13.2 Å². The number of rotatable bonds is 8. The molecule has 4 rings (SSSR count). The second-order valence-electron chi connectivity index (χ2n) is 7.99. The van der Waals surface area contributed by atoms with E-state index in [1.54, 1.807) is 29.6 Å². The van der Waals surface area contributed by atoms with Crippen LogP contribution in [0, 0.1) is 0 Å². The van der Waals surface area contributed by atoms with Gasteiger partial charge in [0.25, 0.3) is 10.0 Å². The van der Waals surface area contributed by atoms with Crippen LogP contribution in [0.5, 0.6) is 0 Å². The summed E-state index contributed by atoms with van der Waals surface area (Å²) in [6.07, 6.45) is -2.67. The smallest absolute Gasteiger partial charge is 0.475 e. The van der Waals surface area contributed by atoms with E-state index in [1.807, 2.05) is 30.3 Å². The highest BCUT2D eigenvalue weighted by Gasteiger charge is 2.51. The van der Waals surface area contributed by atoms with Crippen molar-refractivity contribution in [3.05, 3.63) is 83.2 Å². The number of sulfonamides is 1. The Labute approximate surface area is 210 Å². The predicted octanol–water partition coefficient (Wildman–Crippen LogP) is 4.57. The molecule has 1 heterocycles. The minimum Gasteiger partial charge on any atom is -0.475 e. The third kappa shape index (κ3) is 7.08. The fraction of sp³-hybridized carbons (Fsp3) is 0.250. The highest BCUT2D eigenvalue weighted by molar-refractivity contribution is 7.94. The van der Waals surface area contributed by atoms with Crippen LogP contribution in [0.3, 0.4) is 0 Å². The molecule has 0 unspecified atom stereocenters. The van der Waals surface area contributed by atoms with Crippen LogP contribution in [0.15, 0.2) is 76.3 Å². The number of aliphatic carboxylic acids is 1. The van der Waals surface area contributed by atoms with Gasteiger partial charge in [0.05, 0.1) is 5.41 Å². The standard InChI is InChI=1S/C22H22N2O3S2.C2HF3O2/c25-21(23-15-12-17-5-2-1-3-6-17)22(13-14-22)18-8-10-19(11-9-18)24-29(26,27)20-7-4-16-28-20;3-2(4,5)1(6)7/h1-11,16,24H,12-15H2,(H,23,25);(H,6,7). The largest absolute Gasteiger partial charge is 0.490 e. The molecule has 0 spiro atoms. The molecule has 192 valence electrons. The molecule has 12 heteroatoms. The Morgan fingerprint density at radius 3 is 2.08 bits per heavy atom. The molecule has 0 atom stereocenters. The number of halogens is 3. The van der Waals surface area contributed by atoms with Gasteiger partial charge in [0.1, 0.15) is 4.21 Å². The fourth-order valence-electron chi connectivity index (χ4n) is 3.39. The molecule has 0 aliphatic heterocycles. The molecule has 1 aliphatic carbocycles. The number of benzene rings is 2. The summed E-state index contributed by atoms with van der Waals surface area (Å²) in [6.45, 7) is 0.600. The Bertz CT molecular complexity index is 1270. The molecule has 3 N–H and O–H groups in total. The molecular formula is C24H23F3N2O5S2. The first kappa shape index (κ1) is 27.2. The van der Waals surface area contributed by atoms with Gasteiger partial charge in [0, 0.05) is 12.2 Å². The lowest BCUT2D eigenvalue weighted by Crippen LogP contribution is -2.35. The maximum absolute atomic E-state index is 12.8. The Kier molecular flexibility index (Phi) is 8.41. The molecule has 1 aliphatic rings. The topological polar surface area (TPSA) is 113 Å². The normalized spacial score (nSPS) is 14.2. The maximum atomic E-state index is 12.8. The molecule has 0 radical (unpaired) electrons. The van der Waals surface area contributed by atoms with Crippen LogP contribution in [0.4, 0.5) is 18.9 Å². The van der Waals surface area contributed by atoms with Gasteiger partial charge in [0.15, 0.2) is 0 Å². The molecule has 1 saturated carbocycles. The van der Waals surface area contributed by atoms with Crippen LogP contribution in [0.1, 0.15) is 24.0 Å². The number of carbonyl (C=O) groups excluding carboxylic acids is 1. The third-order valence-corrected chi connectivity index (χ3v) is 8.20. The van der Waals surface area contributed by atoms with E-state index in [0.29, 0.717) is 12.2 Å². The molecule has 0 saturated heterocycles. The van der Waals surface area contributed by atoms with Gasteiger partial charge >= 0.3 is 12.1 Å². The summed E-state index contributed by atoms with van der Waals surface area (Å²) in [5.41, 5.74) is 2.12. The van der Waals surface area contributed by atoms with Crippen molar-refractivity contribution in [1.82, 2.24) is 5.32 Å². The lowest BCUT2D eigenvalue weighted by molar-refractivity contribution is -0.192. The predicted molar refractivity (Wildman–Crippen MR) is 129 cm³/mol. The van der Waals surface area contributed by atoms with E-state index in [-0.39, 0.29) is 10.1 Å². The molecular weight excluding hydrogens is 517 g/mol. The first-order valence-corrected chi connectivity index (χ1v) is 13.1. The first-order chi connectivity index (χ1) is 16.9. The zero-order valence-electron chi connectivity index (χ0n) is 18.8. The Morgan fingerprint density at radius 2 is 1.58 bits per heavy atom. The SMILES string of the molecule is O=C(NCCc1ccccc1)C1(c2ccc(NS(=O)(=O)c3cccs3)cc2)CC1.O=C(O)C(F)(F)F. The zero-order valence-corrected chi connectivity index (χ0v) is 20.4. The number of carboxylic acid groups (broad SMARTS) is 1. The van der Waals surface area contributed by atoms with Crippen LogP contribution in [0.25, 0.3) is 0 Å². The van der Waals surface area contributed by atoms with Crippen LogP contribution in [0.2, 0.25) is 0 Å². The fourth-order valence-corrected chi connectivity index (χ4v) is 5.44. The summed E-state index contributed by atoms with van der Waals surface area (Å²) >= 11 is 1.17. The number of carbonyl (C=O) groups is 2. The van der Waals surface area contributed by atoms with E-state index in [0.717, 1.165) is 24.8 Å². The van der Waals surface area contributed by atoms with Crippen molar-refractivity contribution in [2.45, 2.75) is 35.1 Å². The summed E-state index contributed by atoms with van der Waals surface area (Å²) in [5, 5.41) is 11.9. The van der Waals surface area contributed by atoms with Crippen molar-refractivity contribution in [3.63, 3.8) is 0 Å². The summed E-state index contributed by atoms with van der Waals surface area (Å²) < 4.78 is 59.3. The van der Waals surface area contributed by atoms with E-state index in [4.69, 9.17) is 9.90 Å². The number of nitrogens with one attached hydrogen (secondary N) is 2. The average molecular weight is 541 g/mol. The van der Waals surface area contributed by atoms with Gasteiger partial charge in [-0.1, -0.05) is 48.5 Å². The van der Waals surface area contributed by atoms with Crippen molar-refractivity contribution in [2.75, 3.05) is 11.3 Å². The quantitative estimate of drug-likeness (QED) is 0.388. The van der Waals surface area contributed by atoms with Gasteiger partial charge in [-0.2, -0.15) is 13.2 Å². The van der Waals surface area contributed by atoms with E-state index in [9.17, 15) is 26.4 Å². The van der Waals surface area contributed by atoms with Crippen LogP contribution in [-0.2, 0) is 31.4 Å². The molecule has 7 nitrogen and oxygen atoms in total. The summed E-state index contributed by atoms with van der Waals surface area (Å²) in [7, 11) is -3.57. The van der Waals surface area contributed by atoms with Crippen molar-refractivity contribution in [2.24, 2.45) is 0 Å². The zero-order chi connectivity index (χ0) is 26.4. The number of amides is 1. The van der Waals surface area contributed by atoms with E-state index < -0.39 is 27.6 Å².